The van der Waals surface area contributed by atoms with Crippen LogP contribution < -0.4 is 14.8 Å². The summed E-state index contributed by atoms with van der Waals surface area (Å²) in [5, 5.41) is 2.82. The van der Waals surface area contributed by atoms with Crippen LogP contribution in [0.4, 0.5) is 8.78 Å². The molecule has 0 heterocycles. The molecule has 4 nitrogen and oxygen atoms in total. The molecule has 2 aromatic rings. The lowest BCUT2D eigenvalue weighted by molar-refractivity contribution is 0.0936. The van der Waals surface area contributed by atoms with E-state index >= 15 is 0 Å². The second-order valence-electron chi connectivity index (χ2n) is 5.18. The Morgan fingerprint density at radius 2 is 1.84 bits per heavy atom. The zero-order valence-electron chi connectivity index (χ0n) is 14.1. The van der Waals surface area contributed by atoms with Crippen molar-refractivity contribution in [2.75, 3.05) is 14.2 Å². The number of alkyl halides is 2. The van der Waals surface area contributed by atoms with E-state index in [0.29, 0.717) is 23.3 Å². The van der Waals surface area contributed by atoms with Crippen molar-refractivity contribution in [2.45, 2.75) is 23.6 Å². The molecular weight excluding hydrogens is 348 g/mol. The molecule has 0 aliphatic carbocycles. The van der Waals surface area contributed by atoms with Crippen LogP contribution in [-0.4, -0.2) is 25.9 Å². The molecule has 7 heteroatoms. The summed E-state index contributed by atoms with van der Waals surface area (Å²) in [5.74, 6) is -1.79. The maximum atomic E-state index is 12.7. The Bertz CT molecular complexity index is 740. The van der Waals surface area contributed by atoms with Gasteiger partial charge in [0.2, 0.25) is 0 Å². The third-order valence-corrected chi connectivity index (χ3v) is 4.39. The highest BCUT2D eigenvalue weighted by atomic mass is 32.2. The zero-order chi connectivity index (χ0) is 18.4. The number of carbonyl (C=O) groups is 1. The van der Waals surface area contributed by atoms with Crippen molar-refractivity contribution in [2.24, 2.45) is 0 Å². The van der Waals surface area contributed by atoms with E-state index in [-0.39, 0.29) is 10.5 Å². The van der Waals surface area contributed by atoms with Crippen LogP contribution in [-0.2, 0) is 0 Å². The van der Waals surface area contributed by atoms with Crippen molar-refractivity contribution in [1.29, 1.82) is 0 Å². The number of nitrogens with one attached hydrogen (secondary N) is 1. The van der Waals surface area contributed by atoms with Crippen LogP contribution in [0.3, 0.4) is 0 Å². The van der Waals surface area contributed by atoms with Crippen LogP contribution in [0.15, 0.2) is 47.4 Å². The van der Waals surface area contributed by atoms with Gasteiger partial charge in [0.15, 0.2) is 0 Å². The summed E-state index contributed by atoms with van der Waals surface area (Å²) in [6, 6.07) is 11.2. The molecule has 0 aliphatic rings. The smallest absolute Gasteiger partial charge is 0.288 e. The summed E-state index contributed by atoms with van der Waals surface area (Å²) in [7, 11) is 3.08. The molecule has 0 unspecified atom stereocenters. The first-order chi connectivity index (χ1) is 12.0. The Morgan fingerprint density at radius 3 is 2.48 bits per heavy atom. The van der Waals surface area contributed by atoms with Gasteiger partial charge in [-0.15, -0.1) is 0 Å². The topological polar surface area (TPSA) is 47.6 Å². The predicted molar refractivity (Wildman–Crippen MR) is 93.7 cm³/mol. The molecule has 2 aromatic carbocycles. The molecular formula is C18H19F2NO3S. The van der Waals surface area contributed by atoms with E-state index in [4.69, 9.17) is 9.47 Å². The van der Waals surface area contributed by atoms with Crippen molar-refractivity contribution in [3.8, 4) is 11.5 Å². The summed E-state index contributed by atoms with van der Waals surface area (Å²) < 4.78 is 35.9. The molecule has 0 radical (unpaired) electrons. The largest absolute Gasteiger partial charge is 0.497 e. The lowest BCUT2D eigenvalue weighted by atomic mass is 10.1. The van der Waals surface area contributed by atoms with Gasteiger partial charge in [0.1, 0.15) is 11.5 Å². The van der Waals surface area contributed by atoms with Gasteiger partial charge in [0.05, 0.1) is 25.8 Å². The fraction of sp³-hybridized carbons (Fsp3) is 0.278. The second kappa shape index (κ2) is 8.71. The number of carbonyl (C=O) groups excluding carboxylic acids is 1. The minimum Gasteiger partial charge on any atom is -0.497 e. The monoisotopic (exact) mass is 367 g/mol. The fourth-order valence-corrected chi connectivity index (χ4v) is 3.02. The Balaban J connectivity index is 2.24. The number of benzene rings is 2. The van der Waals surface area contributed by atoms with Crippen molar-refractivity contribution in [3.05, 3.63) is 53.6 Å². The summed E-state index contributed by atoms with van der Waals surface area (Å²) in [6.45, 7) is 1.79. The molecule has 0 bridgehead atoms. The third-order valence-electron chi connectivity index (χ3n) is 3.60. The van der Waals surface area contributed by atoms with E-state index in [1.165, 1.54) is 19.2 Å². The molecule has 0 spiro atoms. The highest BCUT2D eigenvalue weighted by Crippen LogP contribution is 2.31. The van der Waals surface area contributed by atoms with Gasteiger partial charge in [-0.25, -0.2) is 0 Å². The van der Waals surface area contributed by atoms with E-state index in [2.05, 4.69) is 5.32 Å². The molecule has 1 amide bonds. The normalized spacial score (nSPS) is 11.9. The van der Waals surface area contributed by atoms with Gasteiger partial charge < -0.3 is 14.8 Å². The summed E-state index contributed by atoms with van der Waals surface area (Å²) in [6.07, 6.45) is 0. The zero-order valence-corrected chi connectivity index (χ0v) is 14.9. The number of hydrogen-bond acceptors (Lipinski definition) is 4. The third kappa shape index (κ3) is 4.85. The average Bonchev–Trinajstić information content (AvgIpc) is 2.60. The number of hydrogen-bond donors (Lipinski definition) is 1. The number of amides is 1. The summed E-state index contributed by atoms with van der Waals surface area (Å²) in [5.41, 5.74) is 0.940. The van der Waals surface area contributed by atoms with Gasteiger partial charge in [0, 0.05) is 10.5 Å². The quantitative estimate of drug-likeness (QED) is 0.732. The number of ether oxygens (including phenoxy) is 2. The molecule has 0 aromatic heterocycles. The summed E-state index contributed by atoms with van der Waals surface area (Å²) in [4.78, 5) is 12.8. The predicted octanol–water partition coefficient (Wildman–Crippen LogP) is 4.51. The van der Waals surface area contributed by atoms with Crippen LogP contribution in [0.25, 0.3) is 0 Å². The van der Waals surface area contributed by atoms with Gasteiger partial charge in [-0.3, -0.25) is 4.79 Å². The first-order valence-corrected chi connectivity index (χ1v) is 8.40. The van der Waals surface area contributed by atoms with Gasteiger partial charge in [-0.2, -0.15) is 8.78 Å². The van der Waals surface area contributed by atoms with Crippen LogP contribution in [0, 0.1) is 0 Å². The Hall–Kier alpha value is -2.28. The van der Waals surface area contributed by atoms with E-state index in [9.17, 15) is 13.6 Å². The number of halogens is 2. The SMILES string of the molecule is COc1ccc(OC)c([C@H](C)NC(=O)c2ccccc2SC(F)F)c1. The highest BCUT2D eigenvalue weighted by molar-refractivity contribution is 7.99. The van der Waals surface area contributed by atoms with E-state index in [0.717, 1.165) is 5.56 Å². The minimum absolute atomic E-state index is 0.210. The first kappa shape index (κ1) is 19.1. The van der Waals surface area contributed by atoms with Crippen LogP contribution >= 0.6 is 11.8 Å². The van der Waals surface area contributed by atoms with Crippen LogP contribution in [0.2, 0.25) is 0 Å². The highest BCUT2D eigenvalue weighted by Gasteiger charge is 2.19. The molecule has 0 fully saturated rings. The van der Waals surface area contributed by atoms with Gasteiger partial charge in [-0.05, 0) is 37.3 Å². The number of thioether (sulfide) groups is 1. The standard InChI is InChI=1S/C18H19F2NO3S/c1-11(14-10-12(23-2)8-9-15(14)24-3)21-17(22)13-6-4-5-7-16(13)25-18(19)20/h4-11,18H,1-3H3,(H,21,22)/t11-/m0/s1. The second-order valence-corrected chi connectivity index (χ2v) is 6.21. The molecule has 0 saturated carbocycles. The van der Waals surface area contributed by atoms with Crippen molar-refractivity contribution in [3.63, 3.8) is 0 Å². The maximum absolute atomic E-state index is 12.7. The Morgan fingerprint density at radius 1 is 1.12 bits per heavy atom. The van der Waals surface area contributed by atoms with Gasteiger partial charge in [-0.1, -0.05) is 23.9 Å². The van der Waals surface area contributed by atoms with Gasteiger partial charge >= 0.3 is 0 Å². The maximum Gasteiger partial charge on any atom is 0.288 e. The lowest BCUT2D eigenvalue weighted by Gasteiger charge is -2.19. The van der Waals surface area contributed by atoms with Crippen LogP contribution in [0.1, 0.15) is 28.9 Å². The van der Waals surface area contributed by atoms with E-state index in [1.807, 2.05) is 0 Å². The Labute approximate surface area is 149 Å². The van der Waals surface area contributed by atoms with Gasteiger partial charge in [0.25, 0.3) is 11.7 Å². The lowest BCUT2D eigenvalue weighted by Crippen LogP contribution is -2.27. The van der Waals surface area contributed by atoms with Crippen LogP contribution in [0.5, 0.6) is 11.5 Å². The number of methoxy groups -OCH3 is 2. The number of rotatable bonds is 7. The van der Waals surface area contributed by atoms with Crippen molar-refractivity contribution in [1.82, 2.24) is 5.32 Å². The first-order valence-electron chi connectivity index (χ1n) is 7.53. The fourth-order valence-electron chi connectivity index (χ4n) is 2.38. The molecule has 1 N–H and O–H groups in total. The van der Waals surface area contributed by atoms with E-state index < -0.39 is 17.7 Å². The molecule has 1 atom stereocenters. The van der Waals surface area contributed by atoms with E-state index in [1.54, 1.807) is 44.4 Å². The van der Waals surface area contributed by atoms with Crippen molar-refractivity contribution < 1.29 is 23.0 Å². The average molecular weight is 367 g/mol. The minimum atomic E-state index is -2.59. The summed E-state index contributed by atoms with van der Waals surface area (Å²) >= 11 is 0.351. The van der Waals surface area contributed by atoms with Crippen molar-refractivity contribution >= 4 is 17.7 Å². The molecule has 0 aliphatic heterocycles. The molecule has 0 saturated heterocycles. The molecule has 25 heavy (non-hydrogen) atoms. The molecule has 134 valence electrons. The molecule has 2 rings (SSSR count). The Kier molecular flexibility index (Phi) is 6.64.